The zero-order valence-corrected chi connectivity index (χ0v) is 15.5. The number of methoxy groups -OCH3 is 1. The summed E-state index contributed by atoms with van der Waals surface area (Å²) in [7, 11) is 1.36. The Morgan fingerprint density at radius 3 is 2.59 bits per heavy atom. The van der Waals surface area contributed by atoms with E-state index in [0.29, 0.717) is 11.4 Å². The number of nitrogens with one attached hydrogen (secondary N) is 2. The van der Waals surface area contributed by atoms with E-state index in [1.807, 2.05) is 30.3 Å². The van der Waals surface area contributed by atoms with Crippen molar-refractivity contribution in [2.45, 2.75) is 6.42 Å². The highest BCUT2D eigenvalue weighted by molar-refractivity contribution is 6.30. The lowest BCUT2D eigenvalue weighted by Crippen LogP contribution is -2.07. The van der Waals surface area contributed by atoms with Crippen molar-refractivity contribution >= 4 is 34.9 Å². The van der Waals surface area contributed by atoms with E-state index in [4.69, 9.17) is 16.3 Å². The lowest BCUT2D eigenvalue weighted by Gasteiger charge is -2.09. The van der Waals surface area contributed by atoms with Gasteiger partial charge in [-0.1, -0.05) is 23.7 Å². The van der Waals surface area contributed by atoms with Gasteiger partial charge < -0.3 is 15.4 Å². The Morgan fingerprint density at radius 1 is 1.07 bits per heavy atom. The van der Waals surface area contributed by atoms with Crippen LogP contribution in [0, 0.1) is 0 Å². The summed E-state index contributed by atoms with van der Waals surface area (Å²) in [4.78, 5) is 19.9. The molecule has 2 N–H and O–H groups in total. The Kier molecular flexibility index (Phi) is 6.22. The fourth-order valence-electron chi connectivity index (χ4n) is 2.51. The molecule has 2 aromatic carbocycles. The van der Waals surface area contributed by atoms with E-state index in [2.05, 4.69) is 20.6 Å². The molecule has 0 aliphatic rings. The minimum Gasteiger partial charge on any atom is -0.465 e. The molecule has 0 fully saturated rings. The largest absolute Gasteiger partial charge is 0.465 e. The van der Waals surface area contributed by atoms with E-state index in [-0.39, 0.29) is 5.97 Å². The Labute approximate surface area is 162 Å². The highest BCUT2D eigenvalue weighted by Gasteiger charge is 2.05. The summed E-state index contributed by atoms with van der Waals surface area (Å²) in [5.41, 5.74) is 2.47. The Morgan fingerprint density at radius 2 is 1.85 bits per heavy atom. The fourth-order valence-corrected chi connectivity index (χ4v) is 2.72. The molecule has 0 atom stereocenters. The van der Waals surface area contributed by atoms with Crippen molar-refractivity contribution in [3.63, 3.8) is 0 Å². The van der Waals surface area contributed by atoms with Gasteiger partial charge in [0.15, 0.2) is 0 Å². The molecule has 0 unspecified atom stereocenters. The van der Waals surface area contributed by atoms with Crippen molar-refractivity contribution in [3.05, 3.63) is 77.1 Å². The number of halogens is 1. The van der Waals surface area contributed by atoms with Crippen LogP contribution in [0.25, 0.3) is 0 Å². The standard InChI is InChI=1S/C20H19ClN4O2/c1-27-20(26)15-5-7-17(8-6-15)25-19-12-18(23-13-24-19)22-10-9-14-3-2-4-16(21)11-14/h2-8,11-13H,9-10H2,1H3,(H2,22,23,24,25). The number of ether oxygens (including phenoxy) is 1. The van der Waals surface area contributed by atoms with Gasteiger partial charge in [-0.15, -0.1) is 0 Å². The molecule has 3 rings (SSSR count). The molecule has 0 saturated heterocycles. The first-order valence-corrected chi connectivity index (χ1v) is 8.77. The normalized spacial score (nSPS) is 10.3. The minimum absolute atomic E-state index is 0.366. The lowest BCUT2D eigenvalue weighted by atomic mass is 10.1. The number of rotatable bonds is 7. The Hall–Kier alpha value is -3.12. The molecule has 0 bridgehead atoms. The predicted octanol–water partition coefficient (Wildman–Crippen LogP) is 4.31. The second-order valence-corrected chi connectivity index (χ2v) is 6.23. The van der Waals surface area contributed by atoms with Crippen molar-refractivity contribution in [2.24, 2.45) is 0 Å². The molecule has 0 spiro atoms. The molecule has 6 nitrogen and oxygen atoms in total. The average Bonchev–Trinajstić information content (AvgIpc) is 2.68. The molecule has 0 aliphatic carbocycles. The topological polar surface area (TPSA) is 76.1 Å². The quantitative estimate of drug-likeness (QED) is 0.593. The third-order valence-corrected chi connectivity index (χ3v) is 4.09. The fraction of sp³-hybridized carbons (Fsp3) is 0.150. The van der Waals surface area contributed by atoms with Crippen LogP contribution in [0.15, 0.2) is 60.9 Å². The van der Waals surface area contributed by atoms with Gasteiger partial charge in [0.25, 0.3) is 0 Å². The van der Waals surface area contributed by atoms with Gasteiger partial charge in [0.1, 0.15) is 18.0 Å². The third-order valence-electron chi connectivity index (χ3n) is 3.85. The monoisotopic (exact) mass is 382 g/mol. The summed E-state index contributed by atoms with van der Waals surface area (Å²) < 4.78 is 4.69. The summed E-state index contributed by atoms with van der Waals surface area (Å²) in [5.74, 6) is 1.01. The molecule has 0 amide bonds. The van der Waals surface area contributed by atoms with Crippen LogP contribution in [0.5, 0.6) is 0 Å². The molecule has 0 aliphatic heterocycles. The first-order valence-electron chi connectivity index (χ1n) is 8.40. The Bertz CT molecular complexity index is 916. The summed E-state index contributed by atoms with van der Waals surface area (Å²) in [6.07, 6.45) is 2.33. The highest BCUT2D eigenvalue weighted by Crippen LogP contribution is 2.17. The molecule has 27 heavy (non-hydrogen) atoms. The molecule has 138 valence electrons. The number of esters is 1. The van der Waals surface area contributed by atoms with E-state index >= 15 is 0 Å². The smallest absolute Gasteiger partial charge is 0.337 e. The highest BCUT2D eigenvalue weighted by atomic mass is 35.5. The SMILES string of the molecule is COC(=O)c1ccc(Nc2cc(NCCc3cccc(Cl)c3)ncn2)cc1. The molecule has 0 radical (unpaired) electrons. The van der Waals surface area contributed by atoms with Gasteiger partial charge in [0.05, 0.1) is 12.7 Å². The molecule has 0 saturated carbocycles. The molecule has 1 heterocycles. The zero-order chi connectivity index (χ0) is 19.1. The first kappa shape index (κ1) is 18.7. The van der Waals surface area contributed by atoms with E-state index in [1.165, 1.54) is 13.4 Å². The van der Waals surface area contributed by atoms with Crippen LogP contribution in [0.3, 0.4) is 0 Å². The zero-order valence-electron chi connectivity index (χ0n) is 14.8. The second kappa shape index (κ2) is 9.00. The number of aromatic nitrogens is 2. The second-order valence-electron chi connectivity index (χ2n) is 5.79. The van der Waals surface area contributed by atoms with E-state index in [9.17, 15) is 4.79 Å². The van der Waals surface area contributed by atoms with Gasteiger partial charge in [-0.25, -0.2) is 14.8 Å². The summed E-state index contributed by atoms with van der Waals surface area (Å²) in [6, 6.07) is 16.6. The van der Waals surface area contributed by atoms with Crippen molar-refractivity contribution in [3.8, 4) is 0 Å². The van der Waals surface area contributed by atoms with Crippen molar-refractivity contribution in [2.75, 3.05) is 24.3 Å². The average molecular weight is 383 g/mol. The van der Waals surface area contributed by atoms with Gasteiger partial charge in [0.2, 0.25) is 0 Å². The number of carbonyl (C=O) groups excluding carboxylic acids is 1. The van der Waals surface area contributed by atoms with Crippen molar-refractivity contribution in [1.82, 2.24) is 9.97 Å². The maximum atomic E-state index is 11.5. The molecule has 7 heteroatoms. The van der Waals surface area contributed by atoms with E-state index in [1.54, 1.807) is 24.3 Å². The number of anilines is 3. The van der Waals surface area contributed by atoms with Gasteiger partial charge >= 0.3 is 5.97 Å². The number of nitrogens with zero attached hydrogens (tertiary/aromatic N) is 2. The molecule has 1 aromatic heterocycles. The van der Waals surface area contributed by atoms with Crippen LogP contribution in [0.1, 0.15) is 15.9 Å². The van der Waals surface area contributed by atoms with Crippen LogP contribution in [-0.2, 0) is 11.2 Å². The number of hydrogen-bond donors (Lipinski definition) is 2. The van der Waals surface area contributed by atoms with Crippen LogP contribution >= 0.6 is 11.6 Å². The molecular formula is C20H19ClN4O2. The van der Waals surface area contributed by atoms with E-state index < -0.39 is 0 Å². The predicted molar refractivity (Wildman–Crippen MR) is 107 cm³/mol. The maximum absolute atomic E-state index is 11.5. The minimum atomic E-state index is -0.366. The van der Waals surface area contributed by atoms with Gasteiger partial charge in [0, 0.05) is 23.3 Å². The van der Waals surface area contributed by atoms with Crippen LogP contribution in [0.2, 0.25) is 5.02 Å². The summed E-state index contributed by atoms with van der Waals surface area (Å²) in [5, 5.41) is 7.19. The van der Waals surface area contributed by atoms with Crippen molar-refractivity contribution < 1.29 is 9.53 Å². The van der Waals surface area contributed by atoms with Crippen molar-refractivity contribution in [1.29, 1.82) is 0 Å². The molecule has 3 aromatic rings. The summed E-state index contributed by atoms with van der Waals surface area (Å²) in [6.45, 7) is 0.727. The van der Waals surface area contributed by atoms with Crippen LogP contribution in [0.4, 0.5) is 17.3 Å². The summed E-state index contributed by atoms with van der Waals surface area (Å²) >= 11 is 6.00. The van der Waals surface area contributed by atoms with E-state index in [0.717, 1.165) is 35.1 Å². The lowest BCUT2D eigenvalue weighted by molar-refractivity contribution is 0.0601. The number of carbonyl (C=O) groups is 1. The van der Waals surface area contributed by atoms with Gasteiger partial charge in [-0.3, -0.25) is 0 Å². The van der Waals surface area contributed by atoms with Gasteiger partial charge in [-0.05, 0) is 48.4 Å². The first-order chi connectivity index (χ1) is 13.1. The number of benzene rings is 2. The molecular weight excluding hydrogens is 364 g/mol. The maximum Gasteiger partial charge on any atom is 0.337 e. The van der Waals surface area contributed by atoms with Crippen LogP contribution in [-0.4, -0.2) is 29.6 Å². The third kappa shape index (κ3) is 5.43. The van der Waals surface area contributed by atoms with Gasteiger partial charge in [-0.2, -0.15) is 0 Å². The Balaban J connectivity index is 1.57. The number of hydrogen-bond acceptors (Lipinski definition) is 6. The van der Waals surface area contributed by atoms with Crippen LogP contribution < -0.4 is 10.6 Å².